The first-order chi connectivity index (χ1) is 10.1. The minimum atomic E-state index is -0.555. The molecule has 0 bridgehead atoms. The van der Waals surface area contributed by atoms with E-state index in [-0.39, 0.29) is 0 Å². The third-order valence-electron chi connectivity index (χ3n) is 3.59. The molecule has 1 aromatic heterocycles. The van der Waals surface area contributed by atoms with Gasteiger partial charge in [0.15, 0.2) is 0 Å². The number of thiophene rings is 1. The summed E-state index contributed by atoms with van der Waals surface area (Å²) in [5, 5.41) is 27.1. The van der Waals surface area contributed by atoms with Gasteiger partial charge in [0, 0.05) is 13.1 Å². The van der Waals surface area contributed by atoms with Crippen LogP contribution in [0.5, 0.6) is 0 Å². The van der Waals surface area contributed by atoms with E-state index in [0.717, 1.165) is 11.1 Å². The van der Waals surface area contributed by atoms with Crippen molar-refractivity contribution in [2.75, 3.05) is 13.1 Å². The maximum atomic E-state index is 10.2. The van der Waals surface area contributed by atoms with Crippen molar-refractivity contribution in [2.45, 2.75) is 32.0 Å². The summed E-state index contributed by atoms with van der Waals surface area (Å²) in [6.45, 7) is 5.18. The fourth-order valence-corrected chi connectivity index (χ4v) is 2.87. The number of hydrogen-bond acceptors (Lipinski definition) is 4. The van der Waals surface area contributed by atoms with E-state index in [4.69, 9.17) is 0 Å². The van der Waals surface area contributed by atoms with Crippen molar-refractivity contribution in [3.63, 3.8) is 0 Å². The molecule has 114 valence electrons. The van der Waals surface area contributed by atoms with Crippen molar-refractivity contribution < 1.29 is 10.2 Å². The van der Waals surface area contributed by atoms with Crippen molar-refractivity contribution in [3.8, 4) is 0 Å². The first-order valence-electron chi connectivity index (χ1n) is 7.26. The molecule has 0 amide bonds. The van der Waals surface area contributed by atoms with E-state index in [1.54, 1.807) is 11.3 Å². The topological polar surface area (TPSA) is 52.5 Å². The molecule has 3 N–H and O–H groups in total. The quantitative estimate of drug-likeness (QED) is 0.736. The molecule has 2 unspecified atom stereocenters. The van der Waals surface area contributed by atoms with E-state index >= 15 is 0 Å². The first kappa shape index (κ1) is 16.2. The van der Waals surface area contributed by atoms with Crippen LogP contribution in [0.4, 0.5) is 0 Å². The fourth-order valence-electron chi connectivity index (χ4n) is 2.16. The van der Waals surface area contributed by atoms with Crippen LogP contribution in [-0.4, -0.2) is 23.3 Å². The van der Waals surface area contributed by atoms with Gasteiger partial charge < -0.3 is 15.5 Å². The molecule has 2 rings (SSSR count). The van der Waals surface area contributed by atoms with Gasteiger partial charge in [0.25, 0.3) is 0 Å². The van der Waals surface area contributed by atoms with Crippen LogP contribution in [0.1, 0.15) is 48.7 Å². The molecule has 0 aliphatic rings. The van der Waals surface area contributed by atoms with Crippen LogP contribution < -0.4 is 5.32 Å². The summed E-state index contributed by atoms with van der Waals surface area (Å²) in [4.78, 5) is 0. The zero-order valence-electron chi connectivity index (χ0n) is 12.5. The van der Waals surface area contributed by atoms with E-state index < -0.39 is 12.2 Å². The van der Waals surface area contributed by atoms with Gasteiger partial charge in [0.1, 0.15) is 0 Å². The smallest absolute Gasteiger partial charge is 0.0922 e. The number of aliphatic hydroxyl groups excluding tert-OH is 2. The van der Waals surface area contributed by atoms with Crippen molar-refractivity contribution >= 4 is 11.3 Å². The average molecular weight is 305 g/mol. The van der Waals surface area contributed by atoms with Gasteiger partial charge in [-0.25, -0.2) is 0 Å². The largest absolute Gasteiger partial charge is 0.387 e. The van der Waals surface area contributed by atoms with E-state index in [9.17, 15) is 10.2 Å². The van der Waals surface area contributed by atoms with Crippen molar-refractivity contribution in [3.05, 3.63) is 57.8 Å². The Morgan fingerprint density at radius 2 is 1.48 bits per heavy atom. The lowest BCUT2D eigenvalue weighted by Crippen LogP contribution is -2.26. The molecule has 3 nitrogen and oxygen atoms in total. The lowest BCUT2D eigenvalue weighted by atomic mass is 10.00. The molecule has 0 spiro atoms. The van der Waals surface area contributed by atoms with E-state index in [2.05, 4.69) is 31.3 Å². The first-order valence-corrected chi connectivity index (χ1v) is 8.21. The zero-order valence-corrected chi connectivity index (χ0v) is 13.3. The molecular formula is C17H23NO2S. The number of benzene rings is 1. The van der Waals surface area contributed by atoms with Crippen LogP contribution in [0.15, 0.2) is 41.1 Å². The molecule has 4 heteroatoms. The maximum absolute atomic E-state index is 10.2. The molecule has 0 radical (unpaired) electrons. The molecule has 2 aromatic rings. The molecule has 1 aromatic carbocycles. The van der Waals surface area contributed by atoms with Gasteiger partial charge in [0.2, 0.25) is 0 Å². The SMILES string of the molecule is CC(C)c1ccc(C(O)CNCC(O)c2ccsc2)cc1. The second kappa shape index (κ2) is 7.71. The van der Waals surface area contributed by atoms with Gasteiger partial charge >= 0.3 is 0 Å². The highest BCUT2D eigenvalue weighted by Crippen LogP contribution is 2.19. The number of hydrogen-bond donors (Lipinski definition) is 3. The van der Waals surface area contributed by atoms with E-state index in [1.165, 1.54) is 5.56 Å². The highest BCUT2D eigenvalue weighted by molar-refractivity contribution is 7.07. The monoisotopic (exact) mass is 305 g/mol. The summed E-state index contributed by atoms with van der Waals surface area (Å²) < 4.78 is 0. The Morgan fingerprint density at radius 1 is 0.905 bits per heavy atom. The van der Waals surface area contributed by atoms with E-state index in [1.807, 2.05) is 29.0 Å². The third-order valence-corrected chi connectivity index (χ3v) is 4.29. The minimum absolute atomic E-state index is 0.433. The zero-order chi connectivity index (χ0) is 15.2. The lowest BCUT2D eigenvalue weighted by Gasteiger charge is -2.15. The Labute approximate surface area is 130 Å². The van der Waals surface area contributed by atoms with Crippen LogP contribution >= 0.6 is 11.3 Å². The van der Waals surface area contributed by atoms with Crippen LogP contribution in [0.3, 0.4) is 0 Å². The third kappa shape index (κ3) is 4.64. The Balaban J connectivity index is 1.80. The summed E-state index contributed by atoms with van der Waals surface area (Å²) in [6.07, 6.45) is -1.08. The van der Waals surface area contributed by atoms with Gasteiger partial charge in [-0.1, -0.05) is 38.1 Å². The maximum Gasteiger partial charge on any atom is 0.0922 e. The Hall–Kier alpha value is -1.20. The Kier molecular flexibility index (Phi) is 5.94. The summed E-state index contributed by atoms with van der Waals surface area (Å²) in [5.41, 5.74) is 3.09. The highest BCUT2D eigenvalue weighted by Gasteiger charge is 2.11. The molecule has 1 heterocycles. The predicted octanol–water partition coefficient (Wildman–Crippen LogP) is 3.23. The number of rotatable bonds is 7. The Morgan fingerprint density at radius 3 is 2.00 bits per heavy atom. The van der Waals surface area contributed by atoms with Crippen LogP contribution in [-0.2, 0) is 0 Å². The summed E-state index contributed by atoms with van der Waals surface area (Å²) in [7, 11) is 0. The highest BCUT2D eigenvalue weighted by atomic mass is 32.1. The second-order valence-corrected chi connectivity index (χ2v) is 6.35. The number of aliphatic hydroxyl groups is 2. The van der Waals surface area contributed by atoms with Crippen molar-refractivity contribution in [1.82, 2.24) is 5.32 Å². The van der Waals surface area contributed by atoms with Gasteiger partial charge in [-0.2, -0.15) is 11.3 Å². The molecule has 0 saturated carbocycles. The standard InChI is InChI=1S/C17H23NO2S/c1-12(2)13-3-5-14(6-4-13)16(19)9-18-10-17(20)15-7-8-21-11-15/h3-8,11-12,16-20H,9-10H2,1-2H3. The predicted molar refractivity (Wildman–Crippen MR) is 87.6 cm³/mol. The normalized spacial score (nSPS) is 14.3. The molecule has 21 heavy (non-hydrogen) atoms. The van der Waals surface area contributed by atoms with Crippen LogP contribution in [0, 0.1) is 0 Å². The minimum Gasteiger partial charge on any atom is -0.387 e. The number of nitrogens with one attached hydrogen (secondary N) is 1. The van der Waals surface area contributed by atoms with Crippen LogP contribution in [0.25, 0.3) is 0 Å². The fraction of sp³-hybridized carbons (Fsp3) is 0.412. The summed E-state index contributed by atoms with van der Waals surface area (Å²) >= 11 is 1.57. The van der Waals surface area contributed by atoms with Gasteiger partial charge in [-0.05, 0) is 39.4 Å². The van der Waals surface area contributed by atoms with Gasteiger partial charge in [0.05, 0.1) is 12.2 Å². The molecule has 0 aliphatic carbocycles. The summed E-state index contributed by atoms with van der Waals surface area (Å²) in [6, 6.07) is 9.97. The van der Waals surface area contributed by atoms with Gasteiger partial charge in [-0.15, -0.1) is 0 Å². The Bertz CT molecular complexity index is 522. The summed E-state index contributed by atoms with van der Waals surface area (Å²) in [5.74, 6) is 0.495. The lowest BCUT2D eigenvalue weighted by molar-refractivity contribution is 0.147. The molecule has 0 aliphatic heterocycles. The van der Waals surface area contributed by atoms with Crippen molar-refractivity contribution in [1.29, 1.82) is 0 Å². The van der Waals surface area contributed by atoms with Crippen molar-refractivity contribution in [2.24, 2.45) is 0 Å². The molecule has 0 fully saturated rings. The van der Waals surface area contributed by atoms with E-state index in [0.29, 0.717) is 19.0 Å². The molecule has 2 atom stereocenters. The molecular weight excluding hydrogens is 282 g/mol. The van der Waals surface area contributed by atoms with Gasteiger partial charge in [-0.3, -0.25) is 0 Å². The van der Waals surface area contributed by atoms with Crippen LogP contribution in [0.2, 0.25) is 0 Å². The second-order valence-electron chi connectivity index (χ2n) is 5.57. The average Bonchev–Trinajstić information content (AvgIpc) is 3.01. The molecule has 0 saturated heterocycles.